The summed E-state index contributed by atoms with van der Waals surface area (Å²) < 4.78 is 0. The van der Waals surface area contributed by atoms with E-state index in [1.807, 2.05) is 55.4 Å². The van der Waals surface area contributed by atoms with Gasteiger partial charge in [0.1, 0.15) is 0 Å². The van der Waals surface area contributed by atoms with Crippen molar-refractivity contribution in [3.05, 3.63) is 59.7 Å². The minimum atomic E-state index is -0.944. The van der Waals surface area contributed by atoms with Crippen molar-refractivity contribution in [2.45, 2.75) is 82.5 Å². The van der Waals surface area contributed by atoms with Gasteiger partial charge in [0.15, 0.2) is 0 Å². The van der Waals surface area contributed by atoms with E-state index in [0.29, 0.717) is 30.6 Å². The van der Waals surface area contributed by atoms with Crippen molar-refractivity contribution in [3.63, 3.8) is 0 Å². The standard InChI is InChI=1S/C32H45N5O4/c1-22(31(40)34-25-13-8-5-9-14-25)33-21-29(38)28(17-23-11-6-4-7-12-23)35-32(41)24-18-26(36(2)3)20-27(19-24)37-16-10-15-30(37)39/h4,6-7,11-12,18-20,22,25,28-29,33,38H,5,8-10,13-17,21H2,1-3H3,(H,34,40)(H,35,41)/t22-,28-,29+/m0/s1. The van der Waals surface area contributed by atoms with Crippen molar-refractivity contribution in [1.82, 2.24) is 16.0 Å². The number of carbonyl (C=O) groups excluding carboxylic acids is 3. The SMILES string of the molecule is C[C@H](NC[C@@H](O)[C@H](Cc1ccccc1)NC(=O)c1cc(N(C)C)cc(N2CCCC2=O)c1)C(=O)NC1CCCCC1. The van der Waals surface area contributed by atoms with Crippen LogP contribution in [0.3, 0.4) is 0 Å². The Kier molecular flexibility index (Phi) is 10.8. The molecule has 0 spiro atoms. The summed E-state index contributed by atoms with van der Waals surface area (Å²) in [4.78, 5) is 42.4. The summed E-state index contributed by atoms with van der Waals surface area (Å²) in [5.74, 6) is -0.348. The molecule has 1 saturated carbocycles. The molecule has 41 heavy (non-hydrogen) atoms. The Hall–Kier alpha value is -3.43. The molecule has 2 aromatic carbocycles. The minimum absolute atomic E-state index is 0.0531. The molecular weight excluding hydrogens is 518 g/mol. The van der Waals surface area contributed by atoms with Crippen molar-refractivity contribution < 1.29 is 19.5 Å². The number of benzene rings is 2. The highest BCUT2D eigenvalue weighted by Crippen LogP contribution is 2.28. The predicted molar refractivity (Wildman–Crippen MR) is 162 cm³/mol. The lowest BCUT2D eigenvalue weighted by Gasteiger charge is -2.28. The zero-order chi connectivity index (χ0) is 29.4. The van der Waals surface area contributed by atoms with Crippen LogP contribution in [-0.2, 0) is 16.0 Å². The number of aliphatic hydroxyl groups excluding tert-OH is 1. The third-order valence-corrected chi connectivity index (χ3v) is 8.12. The van der Waals surface area contributed by atoms with Gasteiger partial charge in [0.05, 0.1) is 18.2 Å². The molecule has 1 saturated heterocycles. The van der Waals surface area contributed by atoms with E-state index in [1.54, 1.807) is 24.0 Å². The lowest BCUT2D eigenvalue weighted by atomic mass is 9.95. The molecule has 0 radical (unpaired) electrons. The molecule has 2 aromatic rings. The second-order valence-electron chi connectivity index (χ2n) is 11.6. The Morgan fingerprint density at radius 2 is 1.78 bits per heavy atom. The molecule has 1 heterocycles. The van der Waals surface area contributed by atoms with Crippen LogP contribution in [0.4, 0.5) is 11.4 Å². The zero-order valence-electron chi connectivity index (χ0n) is 24.6. The van der Waals surface area contributed by atoms with Crippen molar-refractivity contribution >= 4 is 29.1 Å². The quantitative estimate of drug-likeness (QED) is 0.316. The molecule has 0 bridgehead atoms. The van der Waals surface area contributed by atoms with E-state index in [1.165, 1.54) is 6.42 Å². The van der Waals surface area contributed by atoms with E-state index in [0.717, 1.165) is 43.4 Å². The highest BCUT2D eigenvalue weighted by atomic mass is 16.3. The Bertz CT molecular complexity index is 1180. The topological polar surface area (TPSA) is 114 Å². The number of nitrogens with one attached hydrogen (secondary N) is 3. The second-order valence-corrected chi connectivity index (χ2v) is 11.6. The first kappa shape index (κ1) is 30.5. The van der Waals surface area contributed by atoms with Gasteiger partial charge in [-0.05, 0) is 56.4 Å². The van der Waals surface area contributed by atoms with Gasteiger partial charge in [-0.15, -0.1) is 0 Å². The first-order chi connectivity index (χ1) is 19.7. The normalized spacial score (nSPS) is 18.0. The van der Waals surface area contributed by atoms with Gasteiger partial charge in [-0.2, -0.15) is 0 Å². The summed E-state index contributed by atoms with van der Waals surface area (Å²) in [5.41, 5.74) is 2.91. The van der Waals surface area contributed by atoms with Gasteiger partial charge >= 0.3 is 0 Å². The molecule has 1 aliphatic carbocycles. The fourth-order valence-electron chi connectivity index (χ4n) is 5.57. The molecule has 0 aromatic heterocycles. The van der Waals surface area contributed by atoms with Gasteiger partial charge in [-0.25, -0.2) is 0 Å². The lowest BCUT2D eigenvalue weighted by molar-refractivity contribution is -0.123. The molecule has 9 heteroatoms. The van der Waals surface area contributed by atoms with Gasteiger partial charge in [0.2, 0.25) is 11.8 Å². The Morgan fingerprint density at radius 3 is 2.44 bits per heavy atom. The summed E-state index contributed by atoms with van der Waals surface area (Å²) in [5, 5.41) is 20.6. The number of hydrogen-bond donors (Lipinski definition) is 4. The van der Waals surface area contributed by atoms with Gasteiger partial charge in [-0.3, -0.25) is 14.4 Å². The number of aliphatic hydroxyl groups is 1. The van der Waals surface area contributed by atoms with Crippen LogP contribution in [0.2, 0.25) is 0 Å². The van der Waals surface area contributed by atoms with Gasteiger partial charge < -0.3 is 30.9 Å². The predicted octanol–water partition coefficient (Wildman–Crippen LogP) is 3.01. The number of anilines is 2. The largest absolute Gasteiger partial charge is 0.390 e. The van der Waals surface area contributed by atoms with Crippen molar-refractivity contribution in [2.75, 3.05) is 37.0 Å². The number of hydrogen-bond acceptors (Lipinski definition) is 6. The smallest absolute Gasteiger partial charge is 0.251 e. The average molecular weight is 564 g/mol. The average Bonchev–Trinajstić information content (AvgIpc) is 3.41. The molecule has 4 rings (SSSR count). The van der Waals surface area contributed by atoms with Crippen LogP contribution >= 0.6 is 0 Å². The van der Waals surface area contributed by atoms with Crippen LogP contribution in [0.5, 0.6) is 0 Å². The van der Waals surface area contributed by atoms with E-state index >= 15 is 0 Å². The fourth-order valence-corrected chi connectivity index (χ4v) is 5.57. The van der Waals surface area contributed by atoms with Crippen LogP contribution < -0.4 is 25.8 Å². The Morgan fingerprint density at radius 1 is 1.05 bits per heavy atom. The highest BCUT2D eigenvalue weighted by Gasteiger charge is 2.27. The Balaban J connectivity index is 1.46. The van der Waals surface area contributed by atoms with E-state index in [2.05, 4.69) is 16.0 Å². The maximum absolute atomic E-state index is 13.6. The summed E-state index contributed by atoms with van der Waals surface area (Å²) in [7, 11) is 3.79. The summed E-state index contributed by atoms with van der Waals surface area (Å²) in [6.07, 6.45) is 6.29. The first-order valence-corrected chi connectivity index (χ1v) is 14.9. The van der Waals surface area contributed by atoms with Gasteiger partial charge in [0.25, 0.3) is 5.91 Å². The lowest BCUT2D eigenvalue weighted by Crippen LogP contribution is -2.53. The molecule has 9 nitrogen and oxygen atoms in total. The number of carbonyl (C=O) groups is 3. The number of rotatable bonds is 12. The number of amides is 3. The maximum Gasteiger partial charge on any atom is 0.251 e. The van der Waals surface area contributed by atoms with Crippen molar-refractivity contribution in [2.24, 2.45) is 0 Å². The van der Waals surface area contributed by atoms with Crippen LogP contribution in [-0.4, -0.2) is 74.2 Å². The van der Waals surface area contributed by atoms with Crippen LogP contribution in [0.15, 0.2) is 48.5 Å². The second kappa shape index (κ2) is 14.5. The molecule has 2 fully saturated rings. The van der Waals surface area contributed by atoms with Crippen molar-refractivity contribution in [1.29, 1.82) is 0 Å². The van der Waals surface area contributed by atoms with Crippen LogP contribution in [0, 0.1) is 0 Å². The maximum atomic E-state index is 13.6. The fraction of sp³-hybridized carbons (Fsp3) is 0.531. The first-order valence-electron chi connectivity index (χ1n) is 14.9. The van der Waals surface area contributed by atoms with Crippen LogP contribution in [0.25, 0.3) is 0 Å². The molecule has 4 N–H and O–H groups in total. The molecular formula is C32H45N5O4. The summed E-state index contributed by atoms with van der Waals surface area (Å²) >= 11 is 0. The van der Waals surface area contributed by atoms with Crippen LogP contribution in [0.1, 0.15) is 67.8 Å². The molecule has 2 aliphatic rings. The molecule has 3 amide bonds. The number of nitrogens with zero attached hydrogens (tertiary/aromatic N) is 2. The monoisotopic (exact) mass is 563 g/mol. The molecule has 222 valence electrons. The molecule has 1 aliphatic heterocycles. The highest BCUT2D eigenvalue weighted by molar-refractivity contribution is 6.00. The third-order valence-electron chi connectivity index (χ3n) is 8.12. The molecule has 3 atom stereocenters. The van der Waals surface area contributed by atoms with E-state index in [4.69, 9.17) is 0 Å². The van der Waals surface area contributed by atoms with E-state index in [9.17, 15) is 19.5 Å². The van der Waals surface area contributed by atoms with E-state index < -0.39 is 18.2 Å². The zero-order valence-corrected chi connectivity index (χ0v) is 24.6. The van der Waals surface area contributed by atoms with Gasteiger partial charge in [-0.1, -0.05) is 49.6 Å². The Labute approximate surface area is 243 Å². The minimum Gasteiger partial charge on any atom is -0.390 e. The summed E-state index contributed by atoms with van der Waals surface area (Å²) in [6, 6.07) is 14.3. The third kappa shape index (κ3) is 8.53. The van der Waals surface area contributed by atoms with E-state index in [-0.39, 0.29) is 30.3 Å². The molecule has 0 unspecified atom stereocenters. The van der Waals surface area contributed by atoms with Gasteiger partial charge in [0, 0.05) is 56.6 Å². The van der Waals surface area contributed by atoms with Crippen molar-refractivity contribution in [3.8, 4) is 0 Å². The summed E-state index contributed by atoms with van der Waals surface area (Å²) in [6.45, 7) is 2.57.